The Hall–Kier alpha value is -2.15. The highest BCUT2D eigenvalue weighted by Gasteiger charge is 2.24. The molecule has 1 aliphatic carbocycles. The maximum Gasteiger partial charge on any atom is 0.292 e. The molecule has 0 saturated heterocycles. The summed E-state index contributed by atoms with van der Waals surface area (Å²) in [6, 6.07) is 5.45. The molecule has 22 heavy (non-hydrogen) atoms. The third kappa shape index (κ3) is 3.19. The third-order valence-corrected chi connectivity index (χ3v) is 4.10. The second kappa shape index (κ2) is 6.31. The number of hydrogen-bond donors (Lipinski definition) is 2. The Morgan fingerprint density at radius 1 is 1.36 bits per heavy atom. The van der Waals surface area contributed by atoms with Crippen LogP contribution in [-0.2, 0) is 4.84 Å². The number of nitro groups is 1. The lowest BCUT2D eigenvalue weighted by Crippen LogP contribution is -2.22. The SMILES string of the molecule is CC1=NC(c2ccc(NC3CCCCC3)c([N+](=O)[O-])c2)ON1. The van der Waals surface area contributed by atoms with Crippen LogP contribution in [0.25, 0.3) is 0 Å². The van der Waals surface area contributed by atoms with E-state index < -0.39 is 6.23 Å². The van der Waals surface area contributed by atoms with Crippen LogP contribution in [0.5, 0.6) is 0 Å². The van der Waals surface area contributed by atoms with Gasteiger partial charge < -0.3 is 5.32 Å². The first-order valence-electron chi connectivity index (χ1n) is 7.64. The molecule has 7 heteroatoms. The number of benzene rings is 1. The summed E-state index contributed by atoms with van der Waals surface area (Å²) in [5, 5.41) is 14.7. The van der Waals surface area contributed by atoms with Crippen molar-refractivity contribution in [3.05, 3.63) is 33.9 Å². The van der Waals surface area contributed by atoms with E-state index in [0.717, 1.165) is 12.8 Å². The van der Waals surface area contributed by atoms with E-state index in [1.54, 1.807) is 19.1 Å². The van der Waals surface area contributed by atoms with Crippen LogP contribution < -0.4 is 10.8 Å². The number of hydrogen-bond acceptors (Lipinski definition) is 6. The van der Waals surface area contributed by atoms with E-state index in [2.05, 4.69) is 15.8 Å². The van der Waals surface area contributed by atoms with Gasteiger partial charge in [0.2, 0.25) is 6.23 Å². The van der Waals surface area contributed by atoms with Crippen molar-refractivity contribution in [1.29, 1.82) is 0 Å². The molecule has 1 aromatic rings. The van der Waals surface area contributed by atoms with E-state index >= 15 is 0 Å². The molecule has 2 N–H and O–H groups in total. The van der Waals surface area contributed by atoms with Crippen LogP contribution >= 0.6 is 0 Å². The fourth-order valence-electron chi connectivity index (χ4n) is 2.95. The maximum absolute atomic E-state index is 11.4. The Kier molecular flexibility index (Phi) is 4.24. The second-order valence-electron chi connectivity index (χ2n) is 5.80. The van der Waals surface area contributed by atoms with Gasteiger partial charge in [-0.15, -0.1) is 0 Å². The number of rotatable bonds is 4. The second-order valence-corrected chi connectivity index (χ2v) is 5.80. The average Bonchev–Trinajstić information content (AvgIpc) is 2.95. The van der Waals surface area contributed by atoms with Crippen LogP contribution in [0.4, 0.5) is 11.4 Å². The van der Waals surface area contributed by atoms with Gasteiger partial charge >= 0.3 is 0 Å². The van der Waals surface area contributed by atoms with Gasteiger partial charge in [-0.3, -0.25) is 15.6 Å². The largest absolute Gasteiger partial charge is 0.377 e. The summed E-state index contributed by atoms with van der Waals surface area (Å²) in [6.07, 6.45) is 5.22. The zero-order chi connectivity index (χ0) is 15.5. The molecule has 1 aliphatic heterocycles. The lowest BCUT2D eigenvalue weighted by atomic mass is 9.95. The highest BCUT2D eigenvalue weighted by molar-refractivity contribution is 5.79. The number of amidine groups is 1. The molecule has 2 aliphatic rings. The number of nitro benzene ring substituents is 1. The molecule has 3 rings (SSSR count). The summed E-state index contributed by atoms with van der Waals surface area (Å²) in [7, 11) is 0. The van der Waals surface area contributed by atoms with Crippen LogP contribution in [0.15, 0.2) is 23.2 Å². The molecule has 0 radical (unpaired) electrons. The predicted molar refractivity (Wildman–Crippen MR) is 83.7 cm³/mol. The van der Waals surface area contributed by atoms with E-state index in [1.165, 1.54) is 19.3 Å². The van der Waals surface area contributed by atoms with Crippen LogP contribution in [0.1, 0.15) is 50.8 Å². The predicted octanol–water partition coefficient (Wildman–Crippen LogP) is 3.29. The topological polar surface area (TPSA) is 88.8 Å². The lowest BCUT2D eigenvalue weighted by Gasteiger charge is -2.23. The van der Waals surface area contributed by atoms with Gasteiger partial charge in [-0.25, -0.2) is 9.83 Å². The highest BCUT2D eigenvalue weighted by Crippen LogP contribution is 2.32. The Labute approximate surface area is 128 Å². The first-order chi connectivity index (χ1) is 10.6. The van der Waals surface area contributed by atoms with Crippen molar-refractivity contribution in [2.24, 2.45) is 4.99 Å². The van der Waals surface area contributed by atoms with Crippen LogP contribution in [0.2, 0.25) is 0 Å². The van der Waals surface area contributed by atoms with Crippen LogP contribution in [0.3, 0.4) is 0 Å². The Morgan fingerprint density at radius 2 is 2.14 bits per heavy atom. The van der Waals surface area contributed by atoms with Crippen molar-refractivity contribution < 1.29 is 9.76 Å². The van der Waals surface area contributed by atoms with E-state index in [9.17, 15) is 10.1 Å². The van der Waals surface area contributed by atoms with Crippen molar-refractivity contribution in [1.82, 2.24) is 5.48 Å². The van der Waals surface area contributed by atoms with Gasteiger partial charge in [-0.1, -0.05) is 25.3 Å². The molecule has 0 amide bonds. The van der Waals surface area contributed by atoms with Crippen molar-refractivity contribution >= 4 is 17.2 Å². The zero-order valence-electron chi connectivity index (χ0n) is 12.5. The number of hydroxylamine groups is 1. The highest BCUT2D eigenvalue weighted by atomic mass is 16.7. The Morgan fingerprint density at radius 3 is 2.77 bits per heavy atom. The number of anilines is 1. The molecule has 7 nitrogen and oxygen atoms in total. The first-order valence-corrected chi connectivity index (χ1v) is 7.64. The third-order valence-electron chi connectivity index (χ3n) is 4.10. The summed E-state index contributed by atoms with van der Waals surface area (Å²) in [4.78, 5) is 20.5. The van der Waals surface area contributed by atoms with Crippen molar-refractivity contribution in [3.63, 3.8) is 0 Å². The number of aliphatic imine (C=N–C) groups is 1. The van der Waals surface area contributed by atoms with Crippen LogP contribution in [-0.4, -0.2) is 16.8 Å². The minimum absolute atomic E-state index is 0.0754. The first kappa shape index (κ1) is 14.8. The van der Waals surface area contributed by atoms with E-state index in [0.29, 0.717) is 23.1 Å². The molecule has 0 spiro atoms. The average molecular weight is 304 g/mol. The van der Waals surface area contributed by atoms with Crippen molar-refractivity contribution in [2.75, 3.05) is 5.32 Å². The zero-order valence-corrected chi connectivity index (χ0v) is 12.5. The molecule has 1 saturated carbocycles. The molecular formula is C15H20N4O3. The maximum atomic E-state index is 11.4. The van der Waals surface area contributed by atoms with Gasteiger partial charge in [0.1, 0.15) is 11.5 Å². The summed E-state index contributed by atoms with van der Waals surface area (Å²) < 4.78 is 0. The number of nitrogens with one attached hydrogen (secondary N) is 2. The smallest absolute Gasteiger partial charge is 0.292 e. The fraction of sp³-hybridized carbons (Fsp3) is 0.533. The van der Waals surface area contributed by atoms with Gasteiger partial charge in [0.25, 0.3) is 5.69 Å². The van der Waals surface area contributed by atoms with Gasteiger partial charge in [-0.2, -0.15) is 0 Å². The van der Waals surface area contributed by atoms with Gasteiger partial charge in [0, 0.05) is 17.7 Å². The molecule has 0 bridgehead atoms. The van der Waals surface area contributed by atoms with Gasteiger partial charge in [-0.05, 0) is 25.8 Å². The van der Waals surface area contributed by atoms with Crippen LogP contribution in [0, 0.1) is 10.1 Å². The molecule has 1 fully saturated rings. The molecule has 1 unspecified atom stereocenters. The summed E-state index contributed by atoms with van der Waals surface area (Å²) >= 11 is 0. The molecule has 1 atom stereocenters. The quantitative estimate of drug-likeness (QED) is 0.658. The van der Waals surface area contributed by atoms with E-state index in [1.807, 2.05) is 6.07 Å². The Balaban J connectivity index is 1.82. The normalized spacial score (nSPS) is 22.0. The van der Waals surface area contributed by atoms with Crippen molar-refractivity contribution in [3.8, 4) is 0 Å². The summed E-state index contributed by atoms with van der Waals surface area (Å²) in [6.45, 7) is 1.79. The minimum atomic E-state index is -0.526. The van der Waals surface area contributed by atoms with E-state index in [4.69, 9.17) is 4.84 Å². The summed E-state index contributed by atoms with van der Waals surface area (Å²) in [5.41, 5.74) is 3.98. The Bertz CT molecular complexity index is 596. The fourth-order valence-corrected chi connectivity index (χ4v) is 2.95. The lowest BCUT2D eigenvalue weighted by molar-refractivity contribution is -0.384. The number of nitrogens with zero attached hydrogens (tertiary/aromatic N) is 2. The molecule has 0 aromatic heterocycles. The molecule has 1 aromatic carbocycles. The minimum Gasteiger partial charge on any atom is -0.377 e. The standard InChI is InChI=1S/C15H20N4O3/c1-10-16-15(22-18-10)11-7-8-13(14(9-11)19(20)21)17-12-5-3-2-4-6-12/h7-9,12,15,17H,2-6H2,1H3,(H,16,18). The van der Waals surface area contributed by atoms with Crippen molar-refractivity contribution in [2.45, 2.75) is 51.3 Å². The molecular weight excluding hydrogens is 284 g/mol. The van der Waals surface area contributed by atoms with E-state index in [-0.39, 0.29) is 10.6 Å². The monoisotopic (exact) mass is 304 g/mol. The van der Waals surface area contributed by atoms with Gasteiger partial charge in [0.15, 0.2) is 0 Å². The molecule has 118 valence electrons. The summed E-state index contributed by atoms with van der Waals surface area (Å²) in [5.74, 6) is 0.664. The van der Waals surface area contributed by atoms with Gasteiger partial charge in [0.05, 0.1) is 4.92 Å². The molecule has 1 heterocycles.